The highest BCUT2D eigenvalue weighted by Gasteiger charge is 2.28. The molecule has 4 rings (SSSR count). The summed E-state index contributed by atoms with van der Waals surface area (Å²) in [6.45, 7) is 0.581. The van der Waals surface area contributed by atoms with Gasteiger partial charge in [-0.25, -0.2) is 18.0 Å². The van der Waals surface area contributed by atoms with Crippen LogP contribution in [-0.2, 0) is 9.59 Å². The summed E-state index contributed by atoms with van der Waals surface area (Å²) < 4.78 is 87.7. The Morgan fingerprint density at radius 2 is 1.04 bits per heavy atom. The highest BCUT2D eigenvalue weighted by atomic mass is 19.2. The fraction of sp³-hybridized carbons (Fsp3) is 0.282. The van der Waals surface area contributed by atoms with E-state index in [9.17, 15) is 31.5 Å². The average Bonchev–Trinajstić information content (AvgIpc) is 3.14. The summed E-state index contributed by atoms with van der Waals surface area (Å²) in [7, 11) is 1.59. The molecule has 4 aromatic carbocycles. The molecule has 0 amide bonds. The number of rotatable bonds is 18. The molecule has 6 nitrogen and oxygen atoms in total. The Morgan fingerprint density at radius 3 is 1.60 bits per heavy atom. The van der Waals surface area contributed by atoms with Gasteiger partial charge in [0.2, 0.25) is 34.8 Å². The van der Waals surface area contributed by atoms with Crippen LogP contribution in [0.1, 0.15) is 63.4 Å². The van der Waals surface area contributed by atoms with Crippen LogP contribution >= 0.6 is 0 Å². The van der Waals surface area contributed by atoms with E-state index in [0.717, 1.165) is 66.7 Å². The molecular weight excluding hydrogens is 659 g/mol. The molecule has 0 heterocycles. The monoisotopic (exact) mass is 696 g/mol. The first-order valence-electron chi connectivity index (χ1n) is 16.3. The Bertz CT molecular complexity index is 1710. The molecule has 0 unspecified atom stereocenters. The fourth-order valence-electron chi connectivity index (χ4n) is 4.95. The molecule has 0 saturated carbocycles. The molecule has 0 aliphatic rings. The van der Waals surface area contributed by atoms with Crippen molar-refractivity contribution in [2.45, 2.75) is 57.8 Å². The lowest BCUT2D eigenvalue weighted by Crippen LogP contribution is -2.13. The molecule has 0 radical (unpaired) electrons. The van der Waals surface area contributed by atoms with Gasteiger partial charge in [0, 0.05) is 12.5 Å². The van der Waals surface area contributed by atoms with E-state index in [4.69, 9.17) is 14.2 Å². The Balaban J connectivity index is 1.04. The van der Waals surface area contributed by atoms with Gasteiger partial charge >= 0.3 is 11.9 Å². The van der Waals surface area contributed by atoms with Crippen molar-refractivity contribution in [3.63, 3.8) is 0 Å². The van der Waals surface area contributed by atoms with E-state index in [2.05, 4.69) is 4.74 Å². The highest BCUT2D eigenvalue weighted by molar-refractivity contribution is 5.88. The first-order valence-corrected chi connectivity index (χ1v) is 16.3. The molecule has 0 atom stereocenters. The van der Waals surface area contributed by atoms with Crippen molar-refractivity contribution in [2.24, 2.45) is 0 Å². The average molecular weight is 697 g/mol. The van der Waals surface area contributed by atoms with Gasteiger partial charge in [0.25, 0.3) is 0 Å². The molecule has 11 heteroatoms. The summed E-state index contributed by atoms with van der Waals surface area (Å²) in [6.07, 6.45) is 9.50. The second-order valence-corrected chi connectivity index (χ2v) is 11.4. The lowest BCUT2D eigenvalue weighted by atomic mass is 10.1. The van der Waals surface area contributed by atoms with Crippen LogP contribution in [0.2, 0.25) is 0 Å². The van der Waals surface area contributed by atoms with Crippen LogP contribution in [0.5, 0.6) is 23.0 Å². The van der Waals surface area contributed by atoms with Crippen LogP contribution in [0.25, 0.3) is 17.2 Å². The molecule has 4 aromatic rings. The van der Waals surface area contributed by atoms with Gasteiger partial charge < -0.3 is 18.9 Å². The van der Waals surface area contributed by atoms with Gasteiger partial charge in [-0.05, 0) is 72.0 Å². The molecular formula is C39H37F5O6. The van der Waals surface area contributed by atoms with E-state index in [1.165, 1.54) is 6.08 Å². The van der Waals surface area contributed by atoms with Crippen molar-refractivity contribution in [1.82, 2.24) is 0 Å². The topological polar surface area (TPSA) is 71.1 Å². The maximum absolute atomic E-state index is 13.6. The zero-order chi connectivity index (χ0) is 35.9. The largest absolute Gasteiger partial charge is 0.497 e. The second-order valence-electron chi connectivity index (χ2n) is 11.4. The normalized spacial score (nSPS) is 11.1. The molecule has 0 saturated heterocycles. The van der Waals surface area contributed by atoms with Gasteiger partial charge in [0.05, 0.1) is 13.7 Å². The number of esters is 2. The number of hydrogen-bond acceptors (Lipinski definition) is 6. The van der Waals surface area contributed by atoms with Gasteiger partial charge in [0.15, 0.2) is 0 Å². The quantitative estimate of drug-likeness (QED) is 0.0196. The summed E-state index contributed by atoms with van der Waals surface area (Å²) in [5.74, 6) is -12.1. The van der Waals surface area contributed by atoms with E-state index in [0.29, 0.717) is 25.2 Å². The standard InChI is InChI=1S/C39H37F5O6/c1-47-29-18-11-26(12-19-29)13-24-33(46)49-31-22-16-28(17-23-31)27-14-20-30(21-15-27)48-25-9-7-5-3-2-4-6-8-10-32(45)50-39-37(43)35(41)34(40)36(42)38(39)44/h11-24H,2-10,25H2,1H3/b24-13+. The lowest BCUT2D eigenvalue weighted by molar-refractivity contribution is -0.135. The summed E-state index contributed by atoms with van der Waals surface area (Å²) in [6, 6.07) is 22.3. The number of hydrogen-bond donors (Lipinski definition) is 0. The van der Waals surface area contributed by atoms with Crippen molar-refractivity contribution in [3.8, 4) is 34.1 Å². The Kier molecular flexibility index (Phi) is 14.4. The molecule has 0 bridgehead atoms. The minimum absolute atomic E-state index is 0.202. The highest BCUT2D eigenvalue weighted by Crippen LogP contribution is 2.30. The zero-order valence-corrected chi connectivity index (χ0v) is 27.5. The maximum Gasteiger partial charge on any atom is 0.336 e. The SMILES string of the molecule is COc1ccc(/C=C/C(=O)Oc2ccc(-c3ccc(OCCCCCCCCCCC(=O)Oc4c(F)c(F)c(F)c(F)c4F)cc3)cc2)cc1. The predicted molar refractivity (Wildman–Crippen MR) is 178 cm³/mol. The smallest absolute Gasteiger partial charge is 0.336 e. The summed E-state index contributed by atoms with van der Waals surface area (Å²) in [5, 5.41) is 0. The number of benzene rings is 4. The van der Waals surface area contributed by atoms with E-state index < -0.39 is 46.8 Å². The van der Waals surface area contributed by atoms with Crippen LogP contribution in [0.15, 0.2) is 78.9 Å². The van der Waals surface area contributed by atoms with Gasteiger partial charge in [0.1, 0.15) is 17.2 Å². The Labute approximate surface area is 287 Å². The molecule has 0 spiro atoms. The van der Waals surface area contributed by atoms with Crippen LogP contribution in [0.4, 0.5) is 22.0 Å². The zero-order valence-electron chi connectivity index (χ0n) is 27.5. The van der Waals surface area contributed by atoms with E-state index in [1.807, 2.05) is 60.7 Å². The second kappa shape index (κ2) is 19.1. The van der Waals surface area contributed by atoms with Crippen molar-refractivity contribution >= 4 is 18.0 Å². The Hall–Kier alpha value is -5.19. The first-order chi connectivity index (χ1) is 24.2. The number of halogens is 5. The number of carbonyl (C=O) groups excluding carboxylic acids is 2. The third-order valence-electron chi connectivity index (χ3n) is 7.72. The first kappa shape index (κ1) is 37.6. The molecule has 50 heavy (non-hydrogen) atoms. The van der Waals surface area contributed by atoms with Crippen LogP contribution < -0.4 is 18.9 Å². The van der Waals surface area contributed by atoms with Crippen molar-refractivity contribution in [3.05, 3.63) is 114 Å². The molecule has 0 N–H and O–H groups in total. The molecule has 0 aliphatic carbocycles. The molecule has 0 aromatic heterocycles. The summed E-state index contributed by atoms with van der Waals surface area (Å²) >= 11 is 0. The summed E-state index contributed by atoms with van der Waals surface area (Å²) in [4.78, 5) is 24.0. The van der Waals surface area contributed by atoms with Crippen LogP contribution in [0, 0.1) is 29.1 Å². The van der Waals surface area contributed by atoms with Gasteiger partial charge in [-0.1, -0.05) is 74.9 Å². The predicted octanol–water partition coefficient (Wildman–Crippen LogP) is 10.2. The summed E-state index contributed by atoms with van der Waals surface area (Å²) in [5.41, 5.74) is 2.81. The Morgan fingerprint density at radius 1 is 0.560 bits per heavy atom. The van der Waals surface area contributed by atoms with E-state index in [-0.39, 0.29) is 6.42 Å². The third kappa shape index (κ3) is 11.2. The number of ether oxygens (including phenoxy) is 4. The fourth-order valence-corrected chi connectivity index (χ4v) is 4.95. The van der Waals surface area contributed by atoms with E-state index >= 15 is 0 Å². The van der Waals surface area contributed by atoms with E-state index in [1.54, 1.807) is 25.3 Å². The minimum atomic E-state index is -2.31. The van der Waals surface area contributed by atoms with Crippen LogP contribution in [-0.4, -0.2) is 25.7 Å². The van der Waals surface area contributed by atoms with Gasteiger partial charge in [-0.2, -0.15) is 8.78 Å². The van der Waals surface area contributed by atoms with Crippen molar-refractivity contribution in [1.29, 1.82) is 0 Å². The molecule has 0 aliphatic heterocycles. The molecule has 0 fully saturated rings. The number of unbranched alkanes of at least 4 members (excludes halogenated alkanes) is 7. The lowest BCUT2D eigenvalue weighted by Gasteiger charge is -2.09. The maximum atomic E-state index is 13.6. The van der Waals surface area contributed by atoms with Gasteiger partial charge in [-0.3, -0.25) is 4.79 Å². The van der Waals surface area contributed by atoms with Crippen molar-refractivity contribution in [2.75, 3.05) is 13.7 Å². The number of carbonyl (C=O) groups is 2. The number of methoxy groups -OCH3 is 1. The minimum Gasteiger partial charge on any atom is -0.497 e. The van der Waals surface area contributed by atoms with Gasteiger partial charge in [-0.15, -0.1) is 0 Å². The van der Waals surface area contributed by atoms with Crippen LogP contribution in [0.3, 0.4) is 0 Å². The van der Waals surface area contributed by atoms with Crippen molar-refractivity contribution < 1.29 is 50.5 Å². The third-order valence-corrected chi connectivity index (χ3v) is 7.72. The molecule has 264 valence electrons.